The van der Waals surface area contributed by atoms with Crippen molar-refractivity contribution in [3.8, 4) is 0 Å². The highest BCUT2D eigenvalue weighted by molar-refractivity contribution is 6.25. The molecule has 0 fully saturated rings. The summed E-state index contributed by atoms with van der Waals surface area (Å²) in [5, 5.41) is 1.51. The lowest BCUT2D eigenvalue weighted by molar-refractivity contribution is 0.0598. The van der Waals surface area contributed by atoms with E-state index in [1.54, 1.807) is 18.2 Å². The van der Waals surface area contributed by atoms with Gasteiger partial charge in [-0.05, 0) is 29.1 Å². The molecule has 2 amide bonds. The molecule has 0 radical (unpaired) electrons. The summed E-state index contributed by atoms with van der Waals surface area (Å²) in [5.74, 6) is -0.559. The molecule has 23 heavy (non-hydrogen) atoms. The zero-order chi connectivity index (χ0) is 16.0. The highest BCUT2D eigenvalue weighted by Gasteiger charge is 2.32. The number of amides is 2. The van der Waals surface area contributed by atoms with Gasteiger partial charge in [0.1, 0.15) is 0 Å². The van der Waals surface area contributed by atoms with E-state index in [-0.39, 0.29) is 18.4 Å². The minimum Gasteiger partial charge on any atom is -0.399 e. The molecule has 4 nitrogen and oxygen atoms in total. The fourth-order valence-corrected chi connectivity index (χ4v) is 3.09. The molecule has 0 aliphatic carbocycles. The number of nitrogens with two attached hydrogens (primary N) is 1. The van der Waals surface area contributed by atoms with E-state index in [4.69, 9.17) is 5.73 Å². The van der Waals surface area contributed by atoms with Crippen molar-refractivity contribution in [2.75, 3.05) is 5.73 Å². The SMILES string of the molecule is Nc1cc2c3c(cccc3c1)C(=O)N(Cc1ccccc1)C2=O. The van der Waals surface area contributed by atoms with Gasteiger partial charge in [-0.25, -0.2) is 0 Å². The highest BCUT2D eigenvalue weighted by Crippen LogP contribution is 2.32. The van der Waals surface area contributed by atoms with Crippen LogP contribution in [0.15, 0.2) is 60.7 Å². The Labute approximate surface area is 133 Å². The number of anilines is 1. The molecule has 1 aliphatic rings. The van der Waals surface area contributed by atoms with E-state index < -0.39 is 0 Å². The molecule has 0 atom stereocenters. The van der Waals surface area contributed by atoms with E-state index in [2.05, 4.69) is 0 Å². The van der Waals surface area contributed by atoms with Crippen molar-refractivity contribution < 1.29 is 9.59 Å². The summed E-state index contributed by atoms with van der Waals surface area (Å²) < 4.78 is 0. The van der Waals surface area contributed by atoms with Crippen molar-refractivity contribution in [1.29, 1.82) is 0 Å². The maximum atomic E-state index is 12.8. The third kappa shape index (κ3) is 2.07. The van der Waals surface area contributed by atoms with Crippen LogP contribution in [-0.4, -0.2) is 16.7 Å². The molecule has 4 heteroatoms. The number of hydrogen-bond acceptors (Lipinski definition) is 3. The molecule has 0 spiro atoms. The molecule has 0 saturated carbocycles. The van der Waals surface area contributed by atoms with Crippen LogP contribution in [0.3, 0.4) is 0 Å². The number of nitrogen functional groups attached to an aromatic ring is 1. The number of benzene rings is 3. The molecule has 0 saturated heterocycles. The molecule has 0 unspecified atom stereocenters. The molecular weight excluding hydrogens is 288 g/mol. The Hall–Kier alpha value is -3.14. The van der Waals surface area contributed by atoms with Crippen molar-refractivity contribution in [1.82, 2.24) is 4.90 Å². The lowest BCUT2D eigenvalue weighted by Crippen LogP contribution is -2.39. The molecule has 3 aromatic carbocycles. The smallest absolute Gasteiger partial charge is 0.261 e. The van der Waals surface area contributed by atoms with Crippen LogP contribution in [-0.2, 0) is 6.54 Å². The first-order chi connectivity index (χ1) is 11.1. The standard InChI is InChI=1S/C19H14N2O2/c20-14-9-13-7-4-8-15-17(13)16(10-14)19(23)21(18(15)22)11-12-5-2-1-3-6-12/h1-10H,11,20H2. The van der Waals surface area contributed by atoms with Gasteiger partial charge in [-0.2, -0.15) is 0 Å². The predicted molar refractivity (Wildman–Crippen MR) is 89.0 cm³/mol. The van der Waals surface area contributed by atoms with E-state index in [0.717, 1.165) is 10.9 Å². The van der Waals surface area contributed by atoms with E-state index in [1.165, 1.54) is 4.90 Å². The van der Waals surface area contributed by atoms with Crippen molar-refractivity contribution in [2.45, 2.75) is 6.54 Å². The lowest BCUT2D eigenvalue weighted by Gasteiger charge is -2.27. The molecule has 112 valence electrons. The number of carbonyl (C=O) groups excluding carboxylic acids is 2. The minimum atomic E-state index is -0.296. The lowest BCUT2D eigenvalue weighted by atomic mass is 9.93. The molecule has 3 aromatic rings. The molecule has 1 aliphatic heterocycles. The molecule has 1 heterocycles. The summed E-state index contributed by atoms with van der Waals surface area (Å²) >= 11 is 0. The van der Waals surface area contributed by atoms with Crippen molar-refractivity contribution >= 4 is 28.3 Å². The highest BCUT2D eigenvalue weighted by atomic mass is 16.2. The number of imide groups is 1. The van der Waals surface area contributed by atoms with Crippen LogP contribution in [0.25, 0.3) is 10.8 Å². The van der Waals surface area contributed by atoms with Crippen LogP contribution in [0, 0.1) is 0 Å². The maximum Gasteiger partial charge on any atom is 0.261 e. The Morgan fingerprint density at radius 3 is 2.35 bits per heavy atom. The number of carbonyl (C=O) groups is 2. The largest absolute Gasteiger partial charge is 0.399 e. The van der Waals surface area contributed by atoms with Crippen molar-refractivity contribution in [3.05, 3.63) is 77.4 Å². The maximum absolute atomic E-state index is 12.8. The summed E-state index contributed by atoms with van der Waals surface area (Å²) in [5.41, 5.74) is 8.39. The molecule has 0 bridgehead atoms. The topological polar surface area (TPSA) is 63.4 Å². The Morgan fingerprint density at radius 2 is 1.57 bits per heavy atom. The summed E-state index contributed by atoms with van der Waals surface area (Å²) in [4.78, 5) is 26.9. The van der Waals surface area contributed by atoms with Crippen molar-refractivity contribution in [2.24, 2.45) is 0 Å². The number of hydrogen-bond donors (Lipinski definition) is 1. The second-order valence-electron chi connectivity index (χ2n) is 5.65. The van der Waals surface area contributed by atoms with Crippen LogP contribution in [0.2, 0.25) is 0 Å². The summed E-state index contributed by atoms with van der Waals surface area (Å²) in [6, 6.07) is 18.4. The average Bonchev–Trinajstić information content (AvgIpc) is 2.57. The normalized spacial score (nSPS) is 13.7. The van der Waals surface area contributed by atoms with Gasteiger partial charge in [-0.3, -0.25) is 14.5 Å². The van der Waals surface area contributed by atoms with Crippen LogP contribution < -0.4 is 5.73 Å². The van der Waals surface area contributed by atoms with Crippen molar-refractivity contribution in [3.63, 3.8) is 0 Å². The van der Waals surface area contributed by atoms with E-state index in [9.17, 15) is 9.59 Å². The Kier molecular flexibility index (Phi) is 2.91. The fourth-order valence-electron chi connectivity index (χ4n) is 3.09. The summed E-state index contributed by atoms with van der Waals surface area (Å²) in [7, 11) is 0. The summed E-state index contributed by atoms with van der Waals surface area (Å²) in [6.07, 6.45) is 0. The Morgan fingerprint density at radius 1 is 0.826 bits per heavy atom. The summed E-state index contributed by atoms with van der Waals surface area (Å²) in [6.45, 7) is 0.253. The van der Waals surface area contributed by atoms with Crippen LogP contribution >= 0.6 is 0 Å². The van der Waals surface area contributed by atoms with E-state index in [0.29, 0.717) is 22.2 Å². The zero-order valence-corrected chi connectivity index (χ0v) is 12.3. The first kappa shape index (κ1) is 13.5. The van der Waals surface area contributed by atoms with Crippen LogP contribution in [0.1, 0.15) is 26.3 Å². The van der Waals surface area contributed by atoms with Gasteiger partial charge in [0.05, 0.1) is 12.1 Å². The van der Waals surface area contributed by atoms with Gasteiger partial charge in [-0.15, -0.1) is 0 Å². The molecule has 4 rings (SSSR count). The first-order valence-electron chi connectivity index (χ1n) is 7.37. The number of rotatable bonds is 2. The third-order valence-electron chi connectivity index (χ3n) is 4.13. The van der Waals surface area contributed by atoms with Crippen LogP contribution in [0.4, 0.5) is 5.69 Å². The number of nitrogens with zero attached hydrogens (tertiary/aromatic N) is 1. The van der Waals surface area contributed by atoms with Gasteiger partial charge in [0.25, 0.3) is 11.8 Å². The predicted octanol–water partition coefficient (Wildman–Crippen LogP) is 3.22. The Balaban J connectivity index is 1.88. The van der Waals surface area contributed by atoms with E-state index >= 15 is 0 Å². The van der Waals surface area contributed by atoms with Gasteiger partial charge in [0, 0.05) is 16.6 Å². The molecule has 2 N–H and O–H groups in total. The quantitative estimate of drug-likeness (QED) is 0.584. The molecule has 0 aromatic heterocycles. The second-order valence-corrected chi connectivity index (χ2v) is 5.65. The third-order valence-corrected chi connectivity index (χ3v) is 4.13. The van der Waals surface area contributed by atoms with Gasteiger partial charge in [0.2, 0.25) is 0 Å². The minimum absolute atomic E-state index is 0.253. The van der Waals surface area contributed by atoms with Gasteiger partial charge in [-0.1, -0.05) is 42.5 Å². The Bertz CT molecular complexity index is 948. The molecular formula is C19H14N2O2. The second kappa shape index (κ2) is 4.95. The average molecular weight is 302 g/mol. The van der Waals surface area contributed by atoms with Gasteiger partial charge < -0.3 is 5.73 Å². The van der Waals surface area contributed by atoms with Crippen LogP contribution in [0.5, 0.6) is 0 Å². The zero-order valence-electron chi connectivity index (χ0n) is 12.3. The van der Waals surface area contributed by atoms with Gasteiger partial charge >= 0.3 is 0 Å². The van der Waals surface area contributed by atoms with Gasteiger partial charge in [0.15, 0.2) is 0 Å². The van der Waals surface area contributed by atoms with E-state index in [1.807, 2.05) is 42.5 Å². The first-order valence-corrected chi connectivity index (χ1v) is 7.37. The monoisotopic (exact) mass is 302 g/mol. The fraction of sp³-hybridized carbons (Fsp3) is 0.0526.